The fourth-order valence-corrected chi connectivity index (χ4v) is 3.11. The van der Waals surface area contributed by atoms with Gasteiger partial charge in [-0.05, 0) is 48.4 Å². The first-order chi connectivity index (χ1) is 11.6. The van der Waals surface area contributed by atoms with E-state index in [1.165, 1.54) is 5.56 Å². The number of rotatable bonds is 4. The molecule has 1 saturated carbocycles. The van der Waals surface area contributed by atoms with E-state index < -0.39 is 5.72 Å². The fraction of sp³-hybridized carbons (Fsp3) is 0.333. The predicted octanol–water partition coefficient (Wildman–Crippen LogP) is 3.17. The number of hydrogen-bond donors (Lipinski definition) is 2. The van der Waals surface area contributed by atoms with Gasteiger partial charge in [0.1, 0.15) is 12.3 Å². The summed E-state index contributed by atoms with van der Waals surface area (Å²) in [5.41, 5.74) is 8.14. The molecule has 1 aliphatic rings. The zero-order chi connectivity index (χ0) is 16.8. The van der Waals surface area contributed by atoms with Crippen molar-refractivity contribution in [2.45, 2.75) is 37.5 Å². The van der Waals surface area contributed by atoms with Gasteiger partial charge >= 0.3 is 0 Å². The van der Waals surface area contributed by atoms with Crippen molar-refractivity contribution in [3.05, 3.63) is 71.3 Å². The molecule has 0 heterocycles. The first-order valence-corrected chi connectivity index (χ1v) is 8.34. The van der Waals surface area contributed by atoms with Crippen LogP contribution < -0.4 is 5.73 Å². The number of hydrogen-bond acceptors (Lipinski definition) is 3. The molecule has 24 heavy (non-hydrogen) atoms. The highest BCUT2D eigenvalue weighted by Crippen LogP contribution is 2.38. The third kappa shape index (κ3) is 4.69. The van der Waals surface area contributed by atoms with Crippen molar-refractivity contribution in [1.29, 1.82) is 0 Å². The second kappa shape index (κ2) is 7.63. The van der Waals surface area contributed by atoms with E-state index in [1.54, 1.807) is 0 Å². The topological polar surface area (TPSA) is 55.5 Å². The molecular formula is C21H23NO2. The molecule has 0 saturated heterocycles. The number of nitrogens with two attached hydrogens (primary N) is 1. The molecule has 0 aromatic heterocycles. The molecule has 1 aliphatic carbocycles. The average Bonchev–Trinajstić information content (AvgIpc) is 2.96. The van der Waals surface area contributed by atoms with E-state index in [2.05, 4.69) is 24.0 Å². The van der Waals surface area contributed by atoms with Gasteiger partial charge in [-0.2, -0.15) is 0 Å². The minimum Gasteiger partial charge on any atom is -0.376 e. The summed E-state index contributed by atoms with van der Waals surface area (Å²) in [4.78, 5) is 0. The molecule has 1 fully saturated rings. The lowest BCUT2D eigenvalue weighted by Gasteiger charge is -2.16. The zero-order valence-electron chi connectivity index (χ0n) is 13.7. The summed E-state index contributed by atoms with van der Waals surface area (Å²) in [6.45, 7) is 0.998. The van der Waals surface area contributed by atoms with Gasteiger partial charge in [0, 0.05) is 5.56 Å². The Balaban J connectivity index is 1.48. The summed E-state index contributed by atoms with van der Waals surface area (Å²) in [7, 11) is 0. The van der Waals surface area contributed by atoms with Gasteiger partial charge in [0.15, 0.2) is 0 Å². The quantitative estimate of drug-likeness (QED) is 0.517. The van der Waals surface area contributed by atoms with Crippen LogP contribution in [0, 0.1) is 11.8 Å². The van der Waals surface area contributed by atoms with Gasteiger partial charge in [-0.3, -0.25) is 0 Å². The Bertz CT molecular complexity index is 711. The molecule has 0 aliphatic heterocycles. The van der Waals surface area contributed by atoms with E-state index in [4.69, 9.17) is 10.5 Å². The second-order valence-electron chi connectivity index (χ2n) is 6.45. The van der Waals surface area contributed by atoms with Crippen LogP contribution in [0.4, 0.5) is 0 Å². The van der Waals surface area contributed by atoms with Crippen LogP contribution in [0.15, 0.2) is 54.6 Å². The van der Waals surface area contributed by atoms with Crippen molar-refractivity contribution in [2.75, 3.05) is 6.61 Å². The molecule has 2 aromatic carbocycles. The molecular weight excluding hydrogens is 298 g/mol. The summed E-state index contributed by atoms with van der Waals surface area (Å²) in [5.74, 6) is 6.50. The molecule has 2 aromatic rings. The highest BCUT2D eigenvalue weighted by molar-refractivity contribution is 5.37. The lowest BCUT2D eigenvalue weighted by Crippen LogP contribution is -2.35. The maximum Gasteiger partial charge on any atom is 0.114 e. The normalized spacial score (nSPS) is 22.8. The zero-order valence-corrected chi connectivity index (χ0v) is 13.7. The SMILES string of the molecule is N[C@]1(O)CC[C@@H](c2ccc(C#CCOCc3ccccc3)cc2)C1. The summed E-state index contributed by atoms with van der Waals surface area (Å²) < 4.78 is 5.55. The van der Waals surface area contributed by atoms with E-state index >= 15 is 0 Å². The fourth-order valence-electron chi connectivity index (χ4n) is 3.11. The van der Waals surface area contributed by atoms with E-state index in [9.17, 15) is 5.11 Å². The molecule has 124 valence electrons. The monoisotopic (exact) mass is 321 g/mol. The lowest BCUT2D eigenvalue weighted by atomic mass is 9.96. The van der Waals surface area contributed by atoms with Crippen molar-refractivity contribution in [2.24, 2.45) is 5.73 Å². The molecule has 0 unspecified atom stereocenters. The molecule has 3 nitrogen and oxygen atoms in total. The van der Waals surface area contributed by atoms with Crippen LogP contribution in [0.5, 0.6) is 0 Å². The largest absolute Gasteiger partial charge is 0.376 e. The van der Waals surface area contributed by atoms with Gasteiger partial charge in [-0.25, -0.2) is 0 Å². The summed E-state index contributed by atoms with van der Waals surface area (Å²) in [5, 5.41) is 9.87. The van der Waals surface area contributed by atoms with Crippen LogP contribution >= 0.6 is 0 Å². The Morgan fingerprint density at radius 2 is 1.88 bits per heavy atom. The molecule has 0 bridgehead atoms. The van der Waals surface area contributed by atoms with Gasteiger partial charge in [0.05, 0.1) is 6.61 Å². The van der Waals surface area contributed by atoms with Crippen LogP contribution in [0.25, 0.3) is 0 Å². The van der Waals surface area contributed by atoms with Crippen LogP contribution in [-0.2, 0) is 11.3 Å². The summed E-state index contributed by atoms with van der Waals surface area (Å²) >= 11 is 0. The Morgan fingerprint density at radius 3 is 2.54 bits per heavy atom. The van der Waals surface area contributed by atoms with E-state index in [1.807, 2.05) is 42.5 Å². The predicted molar refractivity (Wildman–Crippen MR) is 95.1 cm³/mol. The van der Waals surface area contributed by atoms with Crippen LogP contribution in [-0.4, -0.2) is 17.4 Å². The molecule has 0 spiro atoms. The number of benzene rings is 2. The lowest BCUT2D eigenvalue weighted by molar-refractivity contribution is 0.0533. The van der Waals surface area contributed by atoms with E-state index in [0.717, 1.165) is 17.5 Å². The third-order valence-electron chi connectivity index (χ3n) is 4.43. The smallest absolute Gasteiger partial charge is 0.114 e. The van der Waals surface area contributed by atoms with Crippen molar-refractivity contribution in [1.82, 2.24) is 0 Å². The second-order valence-corrected chi connectivity index (χ2v) is 6.45. The Labute approximate surface area is 143 Å². The number of aliphatic hydroxyl groups is 1. The maximum atomic E-state index is 9.87. The van der Waals surface area contributed by atoms with Gasteiger partial charge in [0.2, 0.25) is 0 Å². The van der Waals surface area contributed by atoms with Gasteiger partial charge < -0.3 is 15.6 Å². The molecule has 0 amide bonds. The van der Waals surface area contributed by atoms with E-state index in [-0.39, 0.29) is 0 Å². The Morgan fingerprint density at radius 1 is 1.12 bits per heavy atom. The van der Waals surface area contributed by atoms with Crippen molar-refractivity contribution >= 4 is 0 Å². The maximum absolute atomic E-state index is 9.87. The van der Waals surface area contributed by atoms with Crippen LogP contribution in [0.1, 0.15) is 41.9 Å². The third-order valence-corrected chi connectivity index (χ3v) is 4.43. The molecule has 0 radical (unpaired) electrons. The van der Waals surface area contributed by atoms with Crippen molar-refractivity contribution in [3.63, 3.8) is 0 Å². The Hall–Kier alpha value is -2.12. The van der Waals surface area contributed by atoms with Gasteiger partial charge in [0.25, 0.3) is 0 Å². The van der Waals surface area contributed by atoms with Gasteiger partial charge in [-0.15, -0.1) is 0 Å². The summed E-state index contributed by atoms with van der Waals surface area (Å²) in [6, 6.07) is 18.3. The molecule has 3 N–H and O–H groups in total. The van der Waals surface area contributed by atoms with Crippen molar-refractivity contribution < 1.29 is 9.84 Å². The van der Waals surface area contributed by atoms with E-state index in [0.29, 0.717) is 32.0 Å². The highest BCUT2D eigenvalue weighted by Gasteiger charge is 2.34. The first-order valence-electron chi connectivity index (χ1n) is 8.34. The van der Waals surface area contributed by atoms with Gasteiger partial charge in [-0.1, -0.05) is 54.3 Å². The average molecular weight is 321 g/mol. The summed E-state index contributed by atoms with van der Waals surface area (Å²) in [6.07, 6.45) is 2.23. The molecule has 3 rings (SSSR count). The molecule has 2 atom stereocenters. The minimum atomic E-state index is -1.00. The minimum absolute atomic E-state index is 0.344. The Kier molecular flexibility index (Phi) is 5.32. The molecule has 3 heteroatoms. The van der Waals surface area contributed by atoms with Crippen LogP contribution in [0.2, 0.25) is 0 Å². The highest BCUT2D eigenvalue weighted by atomic mass is 16.5. The standard InChI is InChI=1S/C21H23NO2/c22-21(23)13-12-20(15-21)19-10-8-17(9-11-19)7-4-14-24-16-18-5-2-1-3-6-18/h1-3,5-6,8-11,20,23H,12-16,22H2/t20-,21+/m1/s1. The number of ether oxygens (including phenoxy) is 1. The van der Waals surface area contributed by atoms with Crippen LogP contribution in [0.3, 0.4) is 0 Å². The van der Waals surface area contributed by atoms with Crippen molar-refractivity contribution in [3.8, 4) is 11.8 Å². The first kappa shape index (κ1) is 16.7.